The van der Waals surface area contributed by atoms with E-state index in [1.165, 1.54) is 0 Å². The van der Waals surface area contributed by atoms with Gasteiger partial charge < -0.3 is 19.1 Å². The molecule has 0 unspecified atom stereocenters. The fourth-order valence-corrected chi connectivity index (χ4v) is 4.58. The van der Waals surface area contributed by atoms with Gasteiger partial charge in [0.15, 0.2) is 0 Å². The molecule has 1 aromatic heterocycles. The van der Waals surface area contributed by atoms with Crippen molar-refractivity contribution in [3.05, 3.63) is 93.7 Å². The summed E-state index contributed by atoms with van der Waals surface area (Å²) in [5.74, 6) is -0.115. The first-order valence-corrected chi connectivity index (χ1v) is 13.2. The smallest absolute Gasteiger partial charge is 0.255 e. The highest BCUT2D eigenvalue weighted by atomic mass is 35.5. The fourth-order valence-electron chi connectivity index (χ4n) is 4.17. The predicted molar refractivity (Wildman–Crippen MR) is 149 cm³/mol. The highest BCUT2D eigenvalue weighted by Crippen LogP contribution is 2.20. The summed E-state index contributed by atoms with van der Waals surface area (Å²) in [7, 11) is 1.62. The number of ether oxygens (including phenoxy) is 1. The topological polar surface area (TPSA) is 54.8 Å². The lowest BCUT2D eigenvalue weighted by Crippen LogP contribution is -2.44. The van der Waals surface area contributed by atoms with Crippen molar-refractivity contribution in [1.29, 1.82) is 0 Å². The van der Waals surface area contributed by atoms with Crippen LogP contribution in [0.15, 0.2) is 66.9 Å². The highest BCUT2D eigenvalue weighted by molar-refractivity contribution is 6.33. The van der Waals surface area contributed by atoms with Crippen molar-refractivity contribution in [3.63, 3.8) is 0 Å². The number of hydrogen-bond acceptors (Lipinski definition) is 3. The Labute approximate surface area is 229 Å². The molecule has 2 aromatic carbocycles. The minimum Gasteiger partial charge on any atom is -0.385 e. The Morgan fingerprint density at radius 1 is 0.946 bits per heavy atom. The predicted octanol–water partition coefficient (Wildman–Crippen LogP) is 6.01. The van der Waals surface area contributed by atoms with Crippen LogP contribution in [-0.2, 0) is 22.6 Å². The number of amides is 2. The molecule has 0 bridgehead atoms. The second-order valence-electron chi connectivity index (χ2n) is 9.44. The number of carbonyl (C=O) groups is 2. The number of benzene rings is 2. The second-order valence-corrected chi connectivity index (χ2v) is 10.3. The zero-order valence-corrected chi connectivity index (χ0v) is 23.2. The van der Waals surface area contributed by atoms with Crippen LogP contribution in [0, 0.1) is 5.92 Å². The van der Waals surface area contributed by atoms with Gasteiger partial charge in [-0.2, -0.15) is 0 Å². The minimum atomic E-state index is -0.262. The van der Waals surface area contributed by atoms with Gasteiger partial charge in [0, 0.05) is 50.3 Å². The van der Waals surface area contributed by atoms with E-state index in [2.05, 4.69) is 18.4 Å². The standard InChI is InChI=1S/C29H35Cl2N3O3/c1-22(2)18-34(20-24-11-8-15-32(24)19-23-10-4-6-13-26(23)30)28(35)21-33(16-9-17-37-3)29(36)25-12-5-7-14-27(25)31/h4-8,10-15,22H,9,16-21H2,1-3H3. The third kappa shape index (κ3) is 8.35. The first-order valence-electron chi connectivity index (χ1n) is 12.5. The average Bonchev–Trinajstić information content (AvgIpc) is 3.30. The SMILES string of the molecule is COCCCN(CC(=O)N(Cc1cccn1Cc1ccccc1Cl)CC(C)C)C(=O)c1ccccc1Cl. The van der Waals surface area contributed by atoms with Gasteiger partial charge in [-0.3, -0.25) is 9.59 Å². The number of hydrogen-bond donors (Lipinski definition) is 0. The lowest BCUT2D eigenvalue weighted by molar-refractivity contribution is -0.133. The molecule has 0 atom stereocenters. The van der Waals surface area contributed by atoms with E-state index in [9.17, 15) is 9.59 Å². The minimum absolute atomic E-state index is 0.0360. The molecule has 6 nitrogen and oxygen atoms in total. The van der Waals surface area contributed by atoms with Gasteiger partial charge in [-0.15, -0.1) is 0 Å². The maximum absolute atomic E-state index is 13.6. The molecule has 0 N–H and O–H groups in total. The molecule has 0 aliphatic rings. The molecular weight excluding hydrogens is 509 g/mol. The van der Waals surface area contributed by atoms with Crippen molar-refractivity contribution in [2.75, 3.05) is 33.4 Å². The molecule has 0 spiro atoms. The van der Waals surface area contributed by atoms with E-state index < -0.39 is 0 Å². The summed E-state index contributed by atoms with van der Waals surface area (Å²) < 4.78 is 7.28. The Balaban J connectivity index is 1.79. The van der Waals surface area contributed by atoms with Crippen molar-refractivity contribution in [2.24, 2.45) is 5.92 Å². The molecule has 0 aliphatic heterocycles. The number of halogens is 2. The Kier molecular flexibility index (Phi) is 11.1. The van der Waals surface area contributed by atoms with E-state index in [-0.39, 0.29) is 24.3 Å². The second kappa shape index (κ2) is 14.2. The largest absolute Gasteiger partial charge is 0.385 e. The lowest BCUT2D eigenvalue weighted by Gasteiger charge is -2.29. The number of aromatic nitrogens is 1. The van der Waals surface area contributed by atoms with Crippen LogP contribution >= 0.6 is 23.2 Å². The van der Waals surface area contributed by atoms with Gasteiger partial charge in [0.1, 0.15) is 6.54 Å². The van der Waals surface area contributed by atoms with Crippen molar-refractivity contribution in [3.8, 4) is 0 Å². The zero-order valence-electron chi connectivity index (χ0n) is 21.7. The normalized spacial score (nSPS) is 11.1. The maximum Gasteiger partial charge on any atom is 0.255 e. The molecule has 0 fully saturated rings. The molecule has 8 heteroatoms. The third-order valence-corrected chi connectivity index (χ3v) is 6.71. The van der Waals surface area contributed by atoms with Gasteiger partial charge in [0.25, 0.3) is 5.91 Å². The molecular formula is C29H35Cl2N3O3. The summed E-state index contributed by atoms with van der Waals surface area (Å²) in [6, 6.07) is 18.7. The van der Waals surface area contributed by atoms with Crippen molar-refractivity contribution < 1.29 is 14.3 Å². The molecule has 0 saturated carbocycles. The van der Waals surface area contributed by atoms with Crippen LogP contribution in [0.3, 0.4) is 0 Å². The number of nitrogens with zero attached hydrogens (tertiary/aromatic N) is 3. The average molecular weight is 545 g/mol. The molecule has 2 amide bonds. The zero-order chi connectivity index (χ0) is 26.8. The monoisotopic (exact) mass is 543 g/mol. The fraction of sp³-hybridized carbons (Fsp3) is 0.379. The van der Waals surface area contributed by atoms with E-state index in [4.69, 9.17) is 27.9 Å². The van der Waals surface area contributed by atoms with Crippen LogP contribution in [0.1, 0.15) is 41.9 Å². The van der Waals surface area contributed by atoms with Crippen molar-refractivity contribution in [2.45, 2.75) is 33.4 Å². The van der Waals surface area contributed by atoms with Gasteiger partial charge in [-0.05, 0) is 48.2 Å². The lowest BCUT2D eigenvalue weighted by atomic mass is 10.1. The van der Waals surface area contributed by atoms with Crippen LogP contribution < -0.4 is 0 Å². The van der Waals surface area contributed by atoms with Crippen LogP contribution in [0.5, 0.6) is 0 Å². The van der Waals surface area contributed by atoms with Crippen LogP contribution in [-0.4, -0.2) is 59.5 Å². The molecule has 3 rings (SSSR count). The van der Waals surface area contributed by atoms with Gasteiger partial charge >= 0.3 is 0 Å². The van der Waals surface area contributed by atoms with Crippen molar-refractivity contribution in [1.82, 2.24) is 14.4 Å². The molecule has 0 aliphatic carbocycles. The highest BCUT2D eigenvalue weighted by Gasteiger charge is 2.24. The van der Waals surface area contributed by atoms with Gasteiger partial charge in [0.05, 0.1) is 17.1 Å². The van der Waals surface area contributed by atoms with Crippen LogP contribution in [0.2, 0.25) is 10.0 Å². The molecule has 0 saturated heterocycles. The van der Waals surface area contributed by atoms with E-state index in [1.807, 2.05) is 47.5 Å². The Bertz CT molecular complexity index is 1180. The quantitative estimate of drug-likeness (QED) is 0.248. The third-order valence-electron chi connectivity index (χ3n) is 6.01. The number of methoxy groups -OCH3 is 1. The molecule has 198 valence electrons. The first kappa shape index (κ1) is 28.8. The Hall–Kier alpha value is -2.80. The van der Waals surface area contributed by atoms with Gasteiger partial charge in [-0.25, -0.2) is 0 Å². The van der Waals surface area contributed by atoms with Gasteiger partial charge in [-0.1, -0.05) is 67.4 Å². The maximum atomic E-state index is 13.6. The van der Waals surface area contributed by atoms with E-state index >= 15 is 0 Å². The van der Waals surface area contributed by atoms with E-state index in [0.717, 1.165) is 11.3 Å². The molecule has 3 aromatic rings. The first-order chi connectivity index (χ1) is 17.8. The number of carbonyl (C=O) groups excluding carboxylic acids is 2. The Morgan fingerprint density at radius 3 is 2.32 bits per heavy atom. The Morgan fingerprint density at radius 2 is 1.65 bits per heavy atom. The summed E-state index contributed by atoms with van der Waals surface area (Å²) in [5, 5.41) is 1.08. The summed E-state index contributed by atoms with van der Waals surface area (Å²) >= 11 is 12.7. The molecule has 1 heterocycles. The van der Waals surface area contributed by atoms with E-state index in [1.54, 1.807) is 36.3 Å². The van der Waals surface area contributed by atoms with Crippen molar-refractivity contribution >= 4 is 35.0 Å². The number of rotatable bonds is 13. The van der Waals surface area contributed by atoms with Crippen LogP contribution in [0.25, 0.3) is 0 Å². The summed E-state index contributed by atoms with van der Waals surface area (Å²) in [6.07, 6.45) is 2.61. The summed E-state index contributed by atoms with van der Waals surface area (Å²) in [6.45, 7) is 6.62. The summed E-state index contributed by atoms with van der Waals surface area (Å²) in [4.78, 5) is 30.4. The van der Waals surface area contributed by atoms with Crippen LogP contribution in [0.4, 0.5) is 0 Å². The molecule has 0 radical (unpaired) electrons. The van der Waals surface area contributed by atoms with Gasteiger partial charge in [0.2, 0.25) is 5.91 Å². The molecule has 37 heavy (non-hydrogen) atoms. The van der Waals surface area contributed by atoms with E-state index in [0.29, 0.717) is 54.8 Å². The summed E-state index contributed by atoms with van der Waals surface area (Å²) in [5.41, 5.74) is 2.40.